The number of rotatable bonds is 4. The van der Waals surface area contributed by atoms with E-state index in [1.165, 1.54) is 12.4 Å². The van der Waals surface area contributed by atoms with Crippen molar-refractivity contribution in [3.63, 3.8) is 0 Å². The molecular formula is C21H18N2O4. The van der Waals surface area contributed by atoms with Crippen LogP contribution in [0.4, 0.5) is 0 Å². The fourth-order valence-corrected chi connectivity index (χ4v) is 2.13. The number of nitrogens with one attached hydrogen (secondary N) is 2. The predicted octanol–water partition coefficient (Wildman–Crippen LogP) is 1.07. The summed E-state index contributed by atoms with van der Waals surface area (Å²) < 4.78 is 0. The van der Waals surface area contributed by atoms with Crippen LogP contribution in [0.3, 0.4) is 0 Å². The van der Waals surface area contributed by atoms with Gasteiger partial charge in [0.1, 0.15) is 6.04 Å². The summed E-state index contributed by atoms with van der Waals surface area (Å²) in [6.45, 7) is 1.33. The lowest BCUT2D eigenvalue weighted by atomic mass is 10.1. The van der Waals surface area contributed by atoms with Crippen LogP contribution in [0.1, 0.15) is 28.4 Å². The third kappa shape index (κ3) is 6.02. The van der Waals surface area contributed by atoms with Crippen LogP contribution in [0.5, 0.6) is 0 Å². The average Bonchev–Trinajstić information content (AvgIpc) is 2.69. The first-order valence-corrected chi connectivity index (χ1v) is 8.11. The largest absolute Gasteiger partial charge is 0.391 e. The molecule has 0 saturated heterocycles. The molecule has 136 valence electrons. The Morgan fingerprint density at radius 3 is 2.00 bits per heavy atom. The van der Waals surface area contributed by atoms with Crippen LogP contribution in [-0.4, -0.2) is 34.3 Å². The van der Waals surface area contributed by atoms with Crippen LogP contribution < -0.4 is 10.8 Å². The molecule has 6 nitrogen and oxygen atoms in total. The van der Waals surface area contributed by atoms with Crippen LogP contribution >= 0.6 is 0 Å². The van der Waals surface area contributed by atoms with Crippen molar-refractivity contribution < 1.29 is 19.9 Å². The van der Waals surface area contributed by atoms with Crippen LogP contribution in [0.15, 0.2) is 54.6 Å². The van der Waals surface area contributed by atoms with Crippen LogP contribution in [0.25, 0.3) is 0 Å². The van der Waals surface area contributed by atoms with E-state index in [1.807, 2.05) is 30.3 Å². The summed E-state index contributed by atoms with van der Waals surface area (Å²) in [4.78, 5) is 23.6. The SMILES string of the molecule is C[C@H](O)[C@H](NC(=O)c1ccc(C#CC#Cc2ccccc2)cc1)C(=O)NO. The van der Waals surface area contributed by atoms with Gasteiger partial charge in [-0.2, -0.15) is 0 Å². The van der Waals surface area contributed by atoms with E-state index < -0.39 is 24.0 Å². The smallest absolute Gasteiger partial charge is 0.268 e. The molecule has 2 amide bonds. The van der Waals surface area contributed by atoms with Gasteiger partial charge < -0.3 is 10.4 Å². The monoisotopic (exact) mass is 362 g/mol. The first-order chi connectivity index (χ1) is 13.0. The van der Waals surface area contributed by atoms with E-state index in [1.54, 1.807) is 24.3 Å². The molecule has 0 aromatic heterocycles. The van der Waals surface area contributed by atoms with E-state index in [-0.39, 0.29) is 5.56 Å². The summed E-state index contributed by atoms with van der Waals surface area (Å²) in [6.07, 6.45) is -1.17. The standard InChI is InChI=1S/C21H18N2O4/c1-15(24)19(21(26)23-27)22-20(25)18-13-11-17(12-14-18)10-6-5-9-16-7-3-2-4-8-16/h2-4,7-8,11-15,19,24,27H,1H3,(H,22,25)(H,23,26)/t15-,19-/m0/s1. The molecule has 0 radical (unpaired) electrons. The van der Waals surface area contributed by atoms with Crippen LogP contribution in [-0.2, 0) is 4.79 Å². The maximum atomic E-state index is 12.2. The number of aliphatic hydroxyl groups is 1. The van der Waals surface area contributed by atoms with E-state index in [2.05, 4.69) is 29.0 Å². The van der Waals surface area contributed by atoms with Crippen molar-refractivity contribution in [1.29, 1.82) is 0 Å². The average molecular weight is 362 g/mol. The third-order valence-corrected chi connectivity index (χ3v) is 3.56. The number of carbonyl (C=O) groups is 2. The molecule has 2 atom stereocenters. The van der Waals surface area contributed by atoms with Gasteiger partial charge in [-0.15, -0.1) is 0 Å². The number of amides is 2. The second-order valence-electron chi connectivity index (χ2n) is 5.61. The number of hydroxylamine groups is 1. The lowest BCUT2D eigenvalue weighted by Crippen LogP contribution is -2.51. The summed E-state index contributed by atoms with van der Waals surface area (Å²) in [5.74, 6) is 9.83. The normalized spacial score (nSPS) is 11.7. The Morgan fingerprint density at radius 1 is 0.926 bits per heavy atom. The summed E-state index contributed by atoms with van der Waals surface area (Å²) in [6, 6.07) is 14.6. The van der Waals surface area contributed by atoms with Gasteiger partial charge in [-0.25, -0.2) is 5.48 Å². The Kier molecular flexibility index (Phi) is 7.16. The van der Waals surface area contributed by atoms with Crippen molar-refractivity contribution in [3.8, 4) is 23.7 Å². The molecule has 0 fully saturated rings. The quantitative estimate of drug-likeness (QED) is 0.372. The first-order valence-electron chi connectivity index (χ1n) is 8.11. The Morgan fingerprint density at radius 2 is 1.48 bits per heavy atom. The number of hydrogen-bond donors (Lipinski definition) is 4. The second-order valence-corrected chi connectivity index (χ2v) is 5.61. The van der Waals surface area contributed by atoms with Gasteiger partial charge in [0.25, 0.3) is 11.8 Å². The van der Waals surface area contributed by atoms with E-state index in [0.717, 1.165) is 5.56 Å². The van der Waals surface area contributed by atoms with Gasteiger partial charge in [0.2, 0.25) is 0 Å². The van der Waals surface area contributed by atoms with Gasteiger partial charge in [-0.3, -0.25) is 14.8 Å². The van der Waals surface area contributed by atoms with Crippen molar-refractivity contribution in [2.24, 2.45) is 0 Å². The molecule has 0 heterocycles. The molecule has 0 bridgehead atoms. The number of hydrogen-bond acceptors (Lipinski definition) is 4. The van der Waals surface area contributed by atoms with Crippen molar-refractivity contribution in [1.82, 2.24) is 10.8 Å². The molecule has 2 aromatic rings. The van der Waals surface area contributed by atoms with Crippen LogP contribution in [0, 0.1) is 23.7 Å². The van der Waals surface area contributed by atoms with Crippen LogP contribution in [0.2, 0.25) is 0 Å². The molecule has 27 heavy (non-hydrogen) atoms. The Bertz CT molecular complexity index is 914. The fourth-order valence-electron chi connectivity index (χ4n) is 2.13. The Balaban J connectivity index is 2.03. The maximum Gasteiger partial charge on any atom is 0.268 e. The van der Waals surface area contributed by atoms with Gasteiger partial charge in [-0.1, -0.05) is 30.0 Å². The van der Waals surface area contributed by atoms with Crippen molar-refractivity contribution in [2.75, 3.05) is 0 Å². The zero-order valence-electron chi connectivity index (χ0n) is 14.6. The Labute approximate surface area is 157 Å². The van der Waals surface area contributed by atoms with Crippen molar-refractivity contribution in [2.45, 2.75) is 19.1 Å². The first kappa shape index (κ1) is 19.7. The van der Waals surface area contributed by atoms with Gasteiger partial charge in [-0.05, 0) is 55.2 Å². The highest BCUT2D eigenvalue weighted by atomic mass is 16.5. The van der Waals surface area contributed by atoms with E-state index in [4.69, 9.17) is 5.21 Å². The van der Waals surface area contributed by atoms with Gasteiger partial charge in [0.15, 0.2) is 0 Å². The molecule has 2 rings (SSSR count). The van der Waals surface area contributed by atoms with Gasteiger partial charge >= 0.3 is 0 Å². The second kappa shape index (κ2) is 9.79. The van der Waals surface area contributed by atoms with E-state index in [9.17, 15) is 14.7 Å². The topological polar surface area (TPSA) is 98.7 Å². The van der Waals surface area contributed by atoms with Gasteiger partial charge in [0, 0.05) is 16.7 Å². The van der Waals surface area contributed by atoms with Crippen molar-refractivity contribution >= 4 is 11.8 Å². The minimum Gasteiger partial charge on any atom is -0.391 e. The van der Waals surface area contributed by atoms with Crippen molar-refractivity contribution in [3.05, 3.63) is 71.3 Å². The molecule has 0 aliphatic rings. The molecule has 0 saturated carbocycles. The highest BCUT2D eigenvalue weighted by Crippen LogP contribution is 2.05. The maximum absolute atomic E-state index is 12.2. The molecule has 4 N–H and O–H groups in total. The van der Waals surface area contributed by atoms with E-state index in [0.29, 0.717) is 5.56 Å². The molecule has 0 spiro atoms. The molecule has 0 aliphatic carbocycles. The molecular weight excluding hydrogens is 344 g/mol. The molecule has 6 heteroatoms. The zero-order valence-corrected chi connectivity index (χ0v) is 14.6. The van der Waals surface area contributed by atoms with Gasteiger partial charge in [0.05, 0.1) is 6.10 Å². The summed E-state index contributed by atoms with van der Waals surface area (Å²) >= 11 is 0. The van der Waals surface area contributed by atoms with E-state index >= 15 is 0 Å². The third-order valence-electron chi connectivity index (χ3n) is 3.56. The lowest BCUT2D eigenvalue weighted by molar-refractivity contribution is -0.133. The minimum atomic E-state index is -1.27. The Hall–Kier alpha value is -3.58. The summed E-state index contributed by atoms with van der Waals surface area (Å²) in [7, 11) is 0. The number of benzene rings is 2. The molecule has 2 aromatic carbocycles. The minimum absolute atomic E-state index is 0.285. The number of aliphatic hydroxyl groups excluding tert-OH is 1. The highest BCUT2D eigenvalue weighted by molar-refractivity contribution is 5.97. The summed E-state index contributed by atoms with van der Waals surface area (Å²) in [5.41, 5.74) is 3.24. The lowest BCUT2D eigenvalue weighted by Gasteiger charge is -2.19. The summed E-state index contributed by atoms with van der Waals surface area (Å²) in [5, 5.41) is 20.6. The zero-order chi connectivity index (χ0) is 19.6. The predicted molar refractivity (Wildman–Crippen MR) is 99.5 cm³/mol. The fraction of sp³-hybridized carbons (Fsp3) is 0.143. The molecule has 0 aliphatic heterocycles. The number of carbonyl (C=O) groups excluding carboxylic acids is 2. The molecule has 0 unspecified atom stereocenters. The highest BCUT2D eigenvalue weighted by Gasteiger charge is 2.25.